The van der Waals surface area contributed by atoms with Gasteiger partial charge in [-0.25, -0.2) is 0 Å². The molecule has 1 aliphatic carbocycles. The van der Waals surface area contributed by atoms with Crippen molar-refractivity contribution in [3.05, 3.63) is 105 Å². The van der Waals surface area contributed by atoms with E-state index in [0.717, 1.165) is 12.2 Å². The van der Waals surface area contributed by atoms with E-state index < -0.39 is 0 Å². The highest BCUT2D eigenvalue weighted by Crippen LogP contribution is 2.50. The molecule has 2 aliphatic rings. The number of allylic oxidation sites excluding steroid dienone is 2. The summed E-state index contributed by atoms with van der Waals surface area (Å²) in [5.74, 6) is 1.99. The average molecular weight is 479 g/mol. The molecule has 0 fully saturated rings. The lowest BCUT2D eigenvalue weighted by Gasteiger charge is -2.37. The molecule has 0 spiro atoms. The summed E-state index contributed by atoms with van der Waals surface area (Å²) in [5.41, 5.74) is 5.22. The second kappa shape index (κ2) is 7.63. The molecule has 28 heavy (non-hydrogen) atoms. The second-order valence-electron chi connectivity index (χ2n) is 7.55. The van der Waals surface area contributed by atoms with E-state index in [4.69, 9.17) is 4.74 Å². The van der Waals surface area contributed by atoms with Crippen LogP contribution in [0.1, 0.15) is 35.1 Å². The highest BCUT2D eigenvalue weighted by atomic mass is 127. The van der Waals surface area contributed by atoms with Crippen LogP contribution in [0.3, 0.4) is 0 Å². The van der Waals surface area contributed by atoms with Gasteiger partial charge >= 0.3 is 0 Å². The molecule has 5 rings (SSSR count). The third-order valence-electron chi connectivity index (χ3n) is 5.81. The number of rotatable bonds is 4. The van der Waals surface area contributed by atoms with Crippen molar-refractivity contribution in [2.75, 3.05) is 5.32 Å². The van der Waals surface area contributed by atoms with Crippen LogP contribution in [0.2, 0.25) is 0 Å². The molecule has 3 atom stereocenters. The Bertz CT molecular complexity index is 997. The lowest BCUT2D eigenvalue weighted by molar-refractivity contribution is 0.306. The SMILES string of the molecule is Ic1ccc2c(c1)C1C=CCC1C(c1ccc(OCc3ccccc3)cc1)N2. The van der Waals surface area contributed by atoms with Crippen molar-refractivity contribution >= 4 is 28.3 Å². The lowest BCUT2D eigenvalue weighted by Crippen LogP contribution is -2.29. The fourth-order valence-corrected chi connectivity index (χ4v) is 4.92. The predicted molar refractivity (Wildman–Crippen MR) is 123 cm³/mol. The molecule has 0 bridgehead atoms. The number of fused-ring (bicyclic) bond motifs is 3. The minimum absolute atomic E-state index is 0.329. The summed E-state index contributed by atoms with van der Waals surface area (Å²) >= 11 is 2.41. The van der Waals surface area contributed by atoms with Crippen LogP contribution in [0.5, 0.6) is 5.75 Å². The largest absolute Gasteiger partial charge is 0.489 e. The summed E-state index contributed by atoms with van der Waals surface area (Å²) < 4.78 is 7.26. The molecule has 1 N–H and O–H groups in total. The van der Waals surface area contributed by atoms with Crippen LogP contribution in [0.15, 0.2) is 84.9 Å². The van der Waals surface area contributed by atoms with Crippen molar-refractivity contribution in [3.63, 3.8) is 0 Å². The first-order valence-corrected chi connectivity index (χ1v) is 10.9. The Balaban J connectivity index is 1.35. The zero-order valence-corrected chi connectivity index (χ0v) is 17.7. The number of anilines is 1. The van der Waals surface area contributed by atoms with Crippen LogP contribution in [0, 0.1) is 9.49 Å². The highest BCUT2D eigenvalue weighted by molar-refractivity contribution is 14.1. The van der Waals surface area contributed by atoms with Crippen molar-refractivity contribution in [3.8, 4) is 5.75 Å². The van der Waals surface area contributed by atoms with Gasteiger partial charge in [-0.3, -0.25) is 0 Å². The molecule has 2 nitrogen and oxygen atoms in total. The molecule has 0 saturated carbocycles. The Hall–Kier alpha value is -2.27. The predicted octanol–water partition coefficient (Wildman–Crippen LogP) is 6.70. The molecule has 0 radical (unpaired) electrons. The van der Waals surface area contributed by atoms with Gasteiger partial charge in [-0.2, -0.15) is 0 Å². The van der Waals surface area contributed by atoms with Crippen LogP contribution in [-0.2, 0) is 6.61 Å². The van der Waals surface area contributed by atoms with Gasteiger partial charge in [-0.1, -0.05) is 54.6 Å². The molecular formula is C25H22INO. The molecule has 140 valence electrons. The first-order valence-electron chi connectivity index (χ1n) is 9.77. The number of nitrogens with one attached hydrogen (secondary N) is 1. The molecule has 3 aromatic carbocycles. The van der Waals surface area contributed by atoms with E-state index in [9.17, 15) is 0 Å². The molecule has 1 aliphatic heterocycles. The van der Waals surface area contributed by atoms with E-state index >= 15 is 0 Å². The molecule has 0 aromatic heterocycles. The fourth-order valence-electron chi connectivity index (χ4n) is 4.41. The Kier molecular flexibility index (Phi) is 4.85. The van der Waals surface area contributed by atoms with Gasteiger partial charge in [-0.05, 0) is 82.0 Å². The Labute approximate surface area is 179 Å². The Morgan fingerprint density at radius 1 is 0.964 bits per heavy atom. The monoisotopic (exact) mass is 479 g/mol. The van der Waals surface area contributed by atoms with Crippen LogP contribution < -0.4 is 10.1 Å². The summed E-state index contributed by atoms with van der Waals surface area (Å²) in [6, 6.07) is 26.0. The maximum absolute atomic E-state index is 5.96. The number of ether oxygens (including phenoxy) is 1. The van der Waals surface area contributed by atoms with Gasteiger partial charge < -0.3 is 10.1 Å². The Morgan fingerprint density at radius 3 is 2.61 bits per heavy atom. The van der Waals surface area contributed by atoms with Crippen molar-refractivity contribution in [2.24, 2.45) is 5.92 Å². The topological polar surface area (TPSA) is 21.3 Å². The number of hydrogen-bond acceptors (Lipinski definition) is 2. The molecule has 3 unspecified atom stereocenters. The summed E-state index contributed by atoms with van der Waals surface area (Å²) in [4.78, 5) is 0. The third-order valence-corrected chi connectivity index (χ3v) is 6.48. The maximum Gasteiger partial charge on any atom is 0.119 e. The molecule has 3 heteroatoms. The van der Waals surface area contributed by atoms with E-state index in [1.807, 2.05) is 18.2 Å². The van der Waals surface area contributed by atoms with Gasteiger partial charge in [0.05, 0.1) is 6.04 Å². The first kappa shape index (κ1) is 17.8. The highest BCUT2D eigenvalue weighted by Gasteiger charge is 2.37. The van der Waals surface area contributed by atoms with E-state index in [2.05, 4.69) is 94.7 Å². The number of halogens is 1. The molecule has 1 heterocycles. The van der Waals surface area contributed by atoms with Gasteiger partial charge in [-0.15, -0.1) is 0 Å². The van der Waals surface area contributed by atoms with E-state index in [0.29, 0.717) is 24.5 Å². The molecule has 0 amide bonds. The van der Waals surface area contributed by atoms with Crippen LogP contribution in [0.25, 0.3) is 0 Å². The Morgan fingerprint density at radius 2 is 1.79 bits per heavy atom. The number of benzene rings is 3. The summed E-state index contributed by atoms with van der Waals surface area (Å²) in [5, 5.41) is 3.81. The van der Waals surface area contributed by atoms with Gasteiger partial charge in [0, 0.05) is 15.2 Å². The summed E-state index contributed by atoms with van der Waals surface area (Å²) in [6.45, 7) is 0.600. The van der Waals surface area contributed by atoms with E-state index in [1.54, 1.807) is 0 Å². The maximum atomic E-state index is 5.96. The standard InChI is InChI=1S/C25H22INO/c26-19-11-14-24-23(15-19)21-7-4-8-22(21)25(27-24)18-9-12-20(13-10-18)28-16-17-5-2-1-3-6-17/h1-7,9-15,21-22,25,27H,8,16H2. The van der Waals surface area contributed by atoms with E-state index in [-0.39, 0.29) is 0 Å². The number of hydrogen-bond donors (Lipinski definition) is 1. The fraction of sp³-hybridized carbons (Fsp3) is 0.200. The smallest absolute Gasteiger partial charge is 0.119 e. The van der Waals surface area contributed by atoms with Crippen molar-refractivity contribution in [1.29, 1.82) is 0 Å². The minimum Gasteiger partial charge on any atom is -0.489 e. The third kappa shape index (κ3) is 3.44. The first-order chi connectivity index (χ1) is 13.8. The second-order valence-corrected chi connectivity index (χ2v) is 8.80. The van der Waals surface area contributed by atoms with Gasteiger partial charge in [0.15, 0.2) is 0 Å². The lowest BCUT2D eigenvalue weighted by atomic mass is 9.77. The van der Waals surface area contributed by atoms with Crippen LogP contribution >= 0.6 is 22.6 Å². The van der Waals surface area contributed by atoms with Gasteiger partial charge in [0.2, 0.25) is 0 Å². The van der Waals surface area contributed by atoms with Crippen molar-refractivity contribution in [1.82, 2.24) is 0 Å². The average Bonchev–Trinajstić information content (AvgIpc) is 3.23. The minimum atomic E-state index is 0.329. The van der Waals surface area contributed by atoms with Crippen LogP contribution in [0.4, 0.5) is 5.69 Å². The molecular weight excluding hydrogens is 457 g/mol. The van der Waals surface area contributed by atoms with E-state index in [1.165, 1.54) is 25.9 Å². The van der Waals surface area contributed by atoms with Crippen molar-refractivity contribution < 1.29 is 4.74 Å². The van der Waals surface area contributed by atoms with Gasteiger partial charge in [0.25, 0.3) is 0 Å². The summed E-state index contributed by atoms with van der Waals surface area (Å²) in [6.07, 6.45) is 5.86. The molecule has 3 aromatic rings. The molecule has 0 saturated heterocycles. The normalized spacial score (nSPS) is 22.2. The zero-order valence-electron chi connectivity index (χ0n) is 15.5. The van der Waals surface area contributed by atoms with Crippen molar-refractivity contribution in [2.45, 2.75) is 25.0 Å². The van der Waals surface area contributed by atoms with Gasteiger partial charge in [0.1, 0.15) is 12.4 Å². The quantitative estimate of drug-likeness (QED) is 0.332. The zero-order chi connectivity index (χ0) is 18.9. The van der Waals surface area contributed by atoms with Crippen LogP contribution in [-0.4, -0.2) is 0 Å². The summed E-state index contributed by atoms with van der Waals surface area (Å²) in [7, 11) is 0.